The van der Waals surface area contributed by atoms with Gasteiger partial charge in [-0.15, -0.1) is 5.75 Å². The van der Waals surface area contributed by atoms with E-state index in [4.69, 9.17) is 5.14 Å². The van der Waals surface area contributed by atoms with Gasteiger partial charge in [0.05, 0.1) is 10.0 Å². The van der Waals surface area contributed by atoms with Gasteiger partial charge in [-0.2, -0.15) is 0 Å². The van der Waals surface area contributed by atoms with Gasteiger partial charge in [0.2, 0.25) is 0 Å². The largest absolute Gasteiger partial charge is 1.00 e. The maximum absolute atomic E-state index is 10.5. The molecule has 1 aromatic carbocycles. The molecule has 0 amide bonds. The standard InChI is InChI=1S/C6H6NO3S.2Na/c7-11(9,10)6-3-1-5(8)2-4-6;;/h1-4H,(H2-,7,8,9,10);;/q-1;2*+1/p-1. The van der Waals surface area contributed by atoms with E-state index in [1.165, 1.54) is 0 Å². The number of rotatable bonds is 1. The van der Waals surface area contributed by atoms with Gasteiger partial charge in [0.1, 0.15) is 0 Å². The maximum Gasteiger partial charge on any atom is 1.00 e. The SMILES string of the molecule is [NH-]S(=O)(=O)c1ccc([O-])cc1.[Na+].[Na+]. The first-order valence-corrected chi connectivity index (χ1v) is 4.25. The third-order valence-corrected chi connectivity index (χ3v) is 2.03. The van der Waals surface area contributed by atoms with Crippen LogP contribution < -0.4 is 64.2 Å². The minimum absolute atomic E-state index is 0. The normalized spacial score (nSPS) is 9.62. The van der Waals surface area contributed by atoms with Crippen molar-refractivity contribution in [3.63, 3.8) is 0 Å². The van der Waals surface area contributed by atoms with Crippen LogP contribution in [-0.4, -0.2) is 8.42 Å². The van der Waals surface area contributed by atoms with Gasteiger partial charge in [0.25, 0.3) is 0 Å². The number of nitrogens with one attached hydrogen (secondary N) is 1. The molecular weight excluding hydrogens is 212 g/mol. The van der Waals surface area contributed by atoms with E-state index in [9.17, 15) is 13.5 Å². The molecule has 0 saturated carbocycles. The molecule has 0 aliphatic rings. The molecule has 1 N–H and O–H groups in total. The fourth-order valence-electron chi connectivity index (χ4n) is 0.619. The van der Waals surface area contributed by atoms with E-state index < -0.39 is 10.0 Å². The van der Waals surface area contributed by atoms with Gasteiger partial charge in [-0.1, -0.05) is 12.1 Å². The summed E-state index contributed by atoms with van der Waals surface area (Å²) in [5.41, 5.74) is 0. The molecule has 0 fully saturated rings. The van der Waals surface area contributed by atoms with Gasteiger partial charge in [0, 0.05) is 4.90 Å². The van der Waals surface area contributed by atoms with Crippen LogP contribution in [0.2, 0.25) is 0 Å². The summed E-state index contributed by atoms with van der Waals surface area (Å²) in [4.78, 5) is -0.155. The molecule has 4 nitrogen and oxygen atoms in total. The van der Waals surface area contributed by atoms with Crippen LogP contribution in [0.1, 0.15) is 0 Å². The van der Waals surface area contributed by atoms with E-state index in [1.54, 1.807) is 0 Å². The quantitative estimate of drug-likeness (QED) is 0.440. The Morgan fingerprint density at radius 3 is 1.77 bits per heavy atom. The van der Waals surface area contributed by atoms with Crippen molar-refractivity contribution in [2.45, 2.75) is 4.90 Å². The second-order valence-corrected chi connectivity index (χ2v) is 3.45. The van der Waals surface area contributed by atoms with Gasteiger partial charge < -0.3 is 10.2 Å². The fourth-order valence-corrected chi connectivity index (χ4v) is 1.11. The minimum atomic E-state index is -3.91. The Balaban J connectivity index is 0. The molecule has 13 heavy (non-hydrogen) atoms. The van der Waals surface area contributed by atoms with Crippen LogP contribution in [0.5, 0.6) is 5.75 Å². The van der Waals surface area contributed by atoms with E-state index in [0.717, 1.165) is 24.3 Å². The topological polar surface area (TPSA) is 81.0 Å². The number of benzene rings is 1. The van der Waals surface area contributed by atoms with Crippen molar-refractivity contribution in [3.8, 4) is 5.75 Å². The average molecular weight is 217 g/mol. The molecule has 0 aliphatic carbocycles. The molecule has 0 aliphatic heterocycles. The molecule has 0 atom stereocenters. The van der Waals surface area contributed by atoms with E-state index in [1.807, 2.05) is 0 Å². The zero-order valence-electron chi connectivity index (χ0n) is 7.44. The molecule has 1 rings (SSSR count). The molecule has 0 aromatic heterocycles. The van der Waals surface area contributed by atoms with Crippen LogP contribution in [0.4, 0.5) is 0 Å². The third kappa shape index (κ3) is 5.39. The van der Waals surface area contributed by atoms with E-state index in [2.05, 4.69) is 0 Å². The summed E-state index contributed by atoms with van der Waals surface area (Å²) in [7, 11) is -3.91. The van der Waals surface area contributed by atoms with Gasteiger partial charge >= 0.3 is 59.1 Å². The Kier molecular flexibility index (Phi) is 8.08. The van der Waals surface area contributed by atoms with E-state index >= 15 is 0 Å². The van der Waals surface area contributed by atoms with E-state index in [-0.39, 0.29) is 69.8 Å². The first-order chi connectivity index (χ1) is 5.00. The summed E-state index contributed by atoms with van der Waals surface area (Å²) < 4.78 is 21.0. The zero-order valence-corrected chi connectivity index (χ0v) is 12.3. The van der Waals surface area contributed by atoms with Crippen molar-refractivity contribution in [1.82, 2.24) is 0 Å². The fraction of sp³-hybridized carbons (Fsp3) is 0. The van der Waals surface area contributed by atoms with Gasteiger partial charge in [0.15, 0.2) is 0 Å². The molecular formula is C6H5NNa2O3S. The summed E-state index contributed by atoms with van der Waals surface area (Å²) in [6, 6.07) is 4.46. The smallest absolute Gasteiger partial charge is 0.872 e. The molecule has 0 heterocycles. The van der Waals surface area contributed by atoms with Crippen LogP contribution in [0.3, 0.4) is 0 Å². The molecule has 1 aromatic rings. The molecule has 60 valence electrons. The van der Waals surface area contributed by atoms with Crippen LogP contribution in [-0.2, 0) is 10.0 Å². The second kappa shape index (κ2) is 6.42. The number of hydrogen-bond donors (Lipinski definition) is 0. The number of sulfonamides is 1. The van der Waals surface area contributed by atoms with Crippen molar-refractivity contribution in [2.24, 2.45) is 0 Å². The van der Waals surface area contributed by atoms with Crippen LogP contribution in [0.15, 0.2) is 29.2 Å². The first kappa shape index (κ1) is 16.4. The maximum atomic E-state index is 10.5. The van der Waals surface area contributed by atoms with Gasteiger partial charge in [-0.05, 0) is 12.1 Å². The monoisotopic (exact) mass is 217 g/mol. The molecule has 0 spiro atoms. The third-order valence-electron chi connectivity index (χ3n) is 1.13. The summed E-state index contributed by atoms with van der Waals surface area (Å²) in [5.74, 6) is -0.266. The van der Waals surface area contributed by atoms with Crippen molar-refractivity contribution in [1.29, 1.82) is 0 Å². The Morgan fingerprint density at radius 2 is 1.46 bits per heavy atom. The van der Waals surface area contributed by atoms with E-state index in [0.29, 0.717) is 0 Å². The summed E-state index contributed by atoms with van der Waals surface area (Å²) in [6.07, 6.45) is 0. The predicted molar refractivity (Wildman–Crippen MR) is 37.4 cm³/mol. The zero-order chi connectivity index (χ0) is 8.48. The molecule has 0 bridgehead atoms. The minimum Gasteiger partial charge on any atom is -0.872 e. The van der Waals surface area contributed by atoms with Crippen LogP contribution in [0.25, 0.3) is 5.14 Å². The van der Waals surface area contributed by atoms with Gasteiger partial charge in [-0.3, -0.25) is 0 Å². The first-order valence-electron chi connectivity index (χ1n) is 2.77. The average Bonchev–Trinajstić information content (AvgIpc) is 1.86. The molecule has 0 saturated heterocycles. The Bertz CT molecular complexity index is 349. The predicted octanol–water partition coefficient (Wildman–Crippen LogP) is -5.49. The van der Waals surface area contributed by atoms with Crippen molar-refractivity contribution in [2.75, 3.05) is 0 Å². The summed E-state index contributed by atoms with van der Waals surface area (Å²) in [6.45, 7) is 0. The number of hydrogen-bond acceptors (Lipinski definition) is 3. The van der Waals surface area contributed by atoms with Crippen LogP contribution >= 0.6 is 0 Å². The van der Waals surface area contributed by atoms with Gasteiger partial charge in [-0.25, -0.2) is 8.42 Å². The summed E-state index contributed by atoms with van der Waals surface area (Å²) in [5, 5.41) is 17.1. The molecule has 7 heteroatoms. The van der Waals surface area contributed by atoms with Crippen molar-refractivity contribution in [3.05, 3.63) is 29.4 Å². The Labute approximate surface area is 121 Å². The van der Waals surface area contributed by atoms with Crippen LogP contribution in [0, 0.1) is 0 Å². The Hall–Kier alpha value is 0.930. The van der Waals surface area contributed by atoms with Crippen molar-refractivity contribution < 1.29 is 72.6 Å². The summed E-state index contributed by atoms with van der Waals surface area (Å²) >= 11 is 0. The molecule has 0 radical (unpaired) electrons. The second-order valence-electron chi connectivity index (χ2n) is 1.97. The Morgan fingerprint density at radius 1 is 1.08 bits per heavy atom. The molecule has 0 unspecified atom stereocenters. The van der Waals surface area contributed by atoms with Crippen molar-refractivity contribution >= 4 is 10.0 Å².